The fraction of sp³-hybridized carbons (Fsp3) is 0.500. The van der Waals surface area contributed by atoms with Crippen LogP contribution in [0.3, 0.4) is 0 Å². The van der Waals surface area contributed by atoms with Crippen LogP contribution < -0.4 is 5.32 Å². The molecule has 1 saturated heterocycles. The summed E-state index contributed by atoms with van der Waals surface area (Å²) in [6.07, 6.45) is 1.09. The average molecular weight is 244 g/mol. The van der Waals surface area contributed by atoms with Gasteiger partial charge in [-0.25, -0.2) is 4.39 Å². The highest BCUT2D eigenvalue weighted by Gasteiger charge is 2.14. The minimum Gasteiger partial charge on any atom is -0.381 e. The van der Waals surface area contributed by atoms with E-state index in [2.05, 4.69) is 5.32 Å². The normalized spacial score (nSPS) is 20.2. The molecule has 1 fully saturated rings. The summed E-state index contributed by atoms with van der Waals surface area (Å²) in [6, 6.07) is 4.62. The molecule has 88 valence electrons. The Morgan fingerprint density at radius 1 is 1.50 bits per heavy atom. The standard InChI is InChI=1S/C12H15ClFNO/c13-11-1-2-12(14)10(5-11)7-15-6-9-3-4-16-8-9/h1-2,5,9,15H,3-4,6-8H2. The lowest BCUT2D eigenvalue weighted by atomic mass is 10.1. The summed E-state index contributed by atoms with van der Waals surface area (Å²) < 4.78 is 18.6. The summed E-state index contributed by atoms with van der Waals surface area (Å²) in [5.74, 6) is 0.349. The molecule has 1 atom stereocenters. The molecule has 0 aromatic heterocycles. The van der Waals surface area contributed by atoms with Gasteiger partial charge >= 0.3 is 0 Å². The molecule has 1 aromatic carbocycles. The second kappa shape index (κ2) is 5.62. The van der Waals surface area contributed by atoms with E-state index in [0.29, 0.717) is 23.0 Å². The van der Waals surface area contributed by atoms with Crippen molar-refractivity contribution in [1.29, 1.82) is 0 Å². The zero-order valence-electron chi connectivity index (χ0n) is 9.01. The molecule has 0 aliphatic carbocycles. The Labute approximate surface area is 99.7 Å². The van der Waals surface area contributed by atoms with E-state index in [1.165, 1.54) is 6.07 Å². The SMILES string of the molecule is Fc1ccc(Cl)cc1CNCC1CCOC1. The van der Waals surface area contributed by atoms with Crippen LogP contribution in [-0.2, 0) is 11.3 Å². The first kappa shape index (κ1) is 11.8. The Morgan fingerprint density at radius 3 is 3.12 bits per heavy atom. The summed E-state index contributed by atoms with van der Waals surface area (Å²) in [5, 5.41) is 3.80. The molecule has 1 N–H and O–H groups in total. The molecule has 4 heteroatoms. The Balaban J connectivity index is 1.82. The largest absolute Gasteiger partial charge is 0.381 e. The maximum absolute atomic E-state index is 13.3. The van der Waals surface area contributed by atoms with Gasteiger partial charge in [-0.2, -0.15) is 0 Å². The molecule has 0 radical (unpaired) electrons. The predicted octanol–water partition coefficient (Wildman–Crippen LogP) is 2.61. The molecule has 16 heavy (non-hydrogen) atoms. The van der Waals surface area contributed by atoms with Gasteiger partial charge in [0.1, 0.15) is 5.82 Å². The maximum Gasteiger partial charge on any atom is 0.127 e. The van der Waals surface area contributed by atoms with Crippen LogP contribution in [0.5, 0.6) is 0 Å². The third-order valence-corrected chi connectivity index (χ3v) is 3.02. The minimum absolute atomic E-state index is 0.209. The lowest BCUT2D eigenvalue weighted by molar-refractivity contribution is 0.185. The van der Waals surface area contributed by atoms with Gasteiger partial charge in [-0.05, 0) is 30.5 Å². The van der Waals surface area contributed by atoms with Gasteiger partial charge in [0.2, 0.25) is 0 Å². The first-order chi connectivity index (χ1) is 7.75. The van der Waals surface area contributed by atoms with Crippen molar-refractivity contribution in [2.24, 2.45) is 5.92 Å². The summed E-state index contributed by atoms with van der Waals surface area (Å²) in [7, 11) is 0. The van der Waals surface area contributed by atoms with Crippen LogP contribution in [0.15, 0.2) is 18.2 Å². The summed E-state index contributed by atoms with van der Waals surface area (Å²) in [5.41, 5.74) is 0.617. The molecule has 1 heterocycles. The monoisotopic (exact) mass is 243 g/mol. The Bertz CT molecular complexity index is 353. The first-order valence-electron chi connectivity index (χ1n) is 5.48. The van der Waals surface area contributed by atoms with Gasteiger partial charge in [0.05, 0.1) is 6.61 Å². The molecule has 0 saturated carbocycles. The van der Waals surface area contributed by atoms with Gasteiger partial charge in [-0.15, -0.1) is 0 Å². The molecule has 0 amide bonds. The number of nitrogens with one attached hydrogen (secondary N) is 1. The van der Waals surface area contributed by atoms with Gasteiger partial charge in [-0.3, -0.25) is 0 Å². The molecule has 1 unspecified atom stereocenters. The topological polar surface area (TPSA) is 21.3 Å². The van der Waals surface area contributed by atoms with Crippen LogP contribution >= 0.6 is 11.6 Å². The fourth-order valence-electron chi connectivity index (χ4n) is 1.83. The van der Waals surface area contributed by atoms with Crippen molar-refractivity contribution in [3.05, 3.63) is 34.6 Å². The van der Waals surface area contributed by atoms with E-state index in [1.54, 1.807) is 12.1 Å². The minimum atomic E-state index is -0.209. The van der Waals surface area contributed by atoms with Crippen LogP contribution in [0.4, 0.5) is 4.39 Å². The number of halogens is 2. The molecule has 1 aliphatic heterocycles. The van der Waals surface area contributed by atoms with Gasteiger partial charge in [0.15, 0.2) is 0 Å². The van der Waals surface area contributed by atoms with Crippen molar-refractivity contribution in [2.45, 2.75) is 13.0 Å². The van der Waals surface area contributed by atoms with Crippen LogP contribution in [0.25, 0.3) is 0 Å². The molecule has 2 rings (SSSR count). The highest BCUT2D eigenvalue weighted by atomic mass is 35.5. The number of ether oxygens (including phenoxy) is 1. The van der Waals surface area contributed by atoms with E-state index < -0.39 is 0 Å². The van der Waals surface area contributed by atoms with Crippen molar-refractivity contribution >= 4 is 11.6 Å². The molecule has 0 bridgehead atoms. The van der Waals surface area contributed by atoms with Crippen LogP contribution in [0.1, 0.15) is 12.0 Å². The molecule has 2 nitrogen and oxygen atoms in total. The fourth-order valence-corrected chi connectivity index (χ4v) is 2.03. The predicted molar refractivity (Wildman–Crippen MR) is 62.0 cm³/mol. The maximum atomic E-state index is 13.3. The molecule has 1 aliphatic rings. The molecular formula is C12H15ClFNO. The zero-order chi connectivity index (χ0) is 11.4. The second-order valence-electron chi connectivity index (χ2n) is 4.10. The number of rotatable bonds is 4. The smallest absolute Gasteiger partial charge is 0.127 e. The molecular weight excluding hydrogens is 229 g/mol. The Morgan fingerprint density at radius 2 is 2.38 bits per heavy atom. The van der Waals surface area contributed by atoms with E-state index in [0.717, 1.165) is 26.2 Å². The van der Waals surface area contributed by atoms with Crippen molar-refractivity contribution in [2.75, 3.05) is 19.8 Å². The third-order valence-electron chi connectivity index (χ3n) is 2.78. The highest BCUT2D eigenvalue weighted by Crippen LogP contribution is 2.15. The highest BCUT2D eigenvalue weighted by molar-refractivity contribution is 6.30. The van der Waals surface area contributed by atoms with Crippen molar-refractivity contribution < 1.29 is 9.13 Å². The van der Waals surface area contributed by atoms with E-state index in [4.69, 9.17) is 16.3 Å². The van der Waals surface area contributed by atoms with E-state index in [-0.39, 0.29) is 5.82 Å². The molecule has 1 aromatic rings. The lowest BCUT2D eigenvalue weighted by Crippen LogP contribution is -2.23. The number of hydrogen-bond acceptors (Lipinski definition) is 2. The molecule has 0 spiro atoms. The van der Waals surface area contributed by atoms with Crippen LogP contribution in [0, 0.1) is 11.7 Å². The first-order valence-corrected chi connectivity index (χ1v) is 5.86. The zero-order valence-corrected chi connectivity index (χ0v) is 9.77. The summed E-state index contributed by atoms with van der Waals surface area (Å²) >= 11 is 5.81. The van der Waals surface area contributed by atoms with Gasteiger partial charge < -0.3 is 10.1 Å². The second-order valence-corrected chi connectivity index (χ2v) is 4.53. The Kier molecular flexibility index (Phi) is 4.16. The summed E-state index contributed by atoms with van der Waals surface area (Å²) in [4.78, 5) is 0. The number of hydrogen-bond donors (Lipinski definition) is 1. The van der Waals surface area contributed by atoms with E-state index in [1.807, 2.05) is 0 Å². The summed E-state index contributed by atoms with van der Waals surface area (Å²) in [6.45, 7) is 3.04. The van der Waals surface area contributed by atoms with E-state index >= 15 is 0 Å². The van der Waals surface area contributed by atoms with Crippen molar-refractivity contribution in [3.63, 3.8) is 0 Å². The van der Waals surface area contributed by atoms with Gasteiger partial charge in [0.25, 0.3) is 0 Å². The van der Waals surface area contributed by atoms with Gasteiger partial charge in [0, 0.05) is 30.3 Å². The van der Waals surface area contributed by atoms with Crippen LogP contribution in [-0.4, -0.2) is 19.8 Å². The van der Waals surface area contributed by atoms with E-state index in [9.17, 15) is 4.39 Å². The van der Waals surface area contributed by atoms with Crippen molar-refractivity contribution in [1.82, 2.24) is 5.32 Å². The number of benzene rings is 1. The van der Waals surface area contributed by atoms with Gasteiger partial charge in [-0.1, -0.05) is 11.6 Å². The Hall–Kier alpha value is -0.640. The quantitative estimate of drug-likeness (QED) is 0.878. The average Bonchev–Trinajstić information content (AvgIpc) is 2.76. The third kappa shape index (κ3) is 3.17. The lowest BCUT2D eigenvalue weighted by Gasteiger charge is -2.10. The van der Waals surface area contributed by atoms with Crippen molar-refractivity contribution in [3.8, 4) is 0 Å². The van der Waals surface area contributed by atoms with Crippen LogP contribution in [0.2, 0.25) is 5.02 Å².